The molecule has 1 N–H and O–H groups in total. The van der Waals surface area contributed by atoms with Crippen molar-refractivity contribution in [2.45, 2.75) is 63.0 Å². The van der Waals surface area contributed by atoms with Crippen LogP contribution in [0.2, 0.25) is 0 Å². The van der Waals surface area contributed by atoms with Crippen LogP contribution in [-0.4, -0.2) is 20.5 Å². The van der Waals surface area contributed by atoms with Gasteiger partial charge in [0.1, 0.15) is 0 Å². The lowest BCUT2D eigenvalue weighted by molar-refractivity contribution is -0.0331. The maximum atomic E-state index is 10.1. The summed E-state index contributed by atoms with van der Waals surface area (Å²) in [5, 5.41) is 14.7. The number of aromatic nitrogens is 2. The van der Waals surface area contributed by atoms with Gasteiger partial charge in [-0.05, 0) is 38.2 Å². The van der Waals surface area contributed by atoms with Gasteiger partial charge in [-0.3, -0.25) is 4.68 Å². The van der Waals surface area contributed by atoms with Crippen LogP contribution in [-0.2, 0) is 6.42 Å². The maximum Gasteiger partial charge on any atom is 0.0703 e. The van der Waals surface area contributed by atoms with Crippen LogP contribution >= 0.6 is 0 Å². The molecule has 2 saturated carbocycles. The normalized spacial score (nSPS) is 24.6. The molecule has 3 nitrogen and oxygen atoms in total. The lowest BCUT2D eigenvalue weighted by Gasteiger charge is -2.35. The summed E-state index contributed by atoms with van der Waals surface area (Å²) in [4.78, 5) is 0. The van der Waals surface area contributed by atoms with E-state index in [-0.39, 0.29) is 0 Å². The van der Waals surface area contributed by atoms with Crippen LogP contribution in [0, 0.1) is 0 Å². The van der Waals surface area contributed by atoms with Crippen LogP contribution in [0.1, 0.15) is 56.7 Å². The van der Waals surface area contributed by atoms with E-state index in [1.54, 1.807) is 0 Å². The van der Waals surface area contributed by atoms with Gasteiger partial charge in [0.05, 0.1) is 17.3 Å². The molecule has 2 aliphatic carbocycles. The van der Waals surface area contributed by atoms with Gasteiger partial charge in [0, 0.05) is 12.6 Å². The first-order chi connectivity index (χ1) is 7.75. The molecule has 3 heteroatoms. The number of hydrogen-bond acceptors (Lipinski definition) is 2. The zero-order valence-electron chi connectivity index (χ0n) is 9.73. The zero-order chi connectivity index (χ0) is 11.0. The molecule has 1 heterocycles. The van der Waals surface area contributed by atoms with E-state index in [4.69, 9.17) is 0 Å². The Labute approximate surface area is 96.5 Å². The molecule has 0 spiro atoms. The molecule has 0 aromatic carbocycles. The van der Waals surface area contributed by atoms with Crippen molar-refractivity contribution in [1.29, 1.82) is 0 Å². The molecule has 2 fully saturated rings. The molecule has 1 aromatic heterocycles. The molecule has 0 amide bonds. The van der Waals surface area contributed by atoms with Gasteiger partial charge in [0.15, 0.2) is 0 Å². The van der Waals surface area contributed by atoms with Gasteiger partial charge in [-0.25, -0.2) is 0 Å². The van der Waals surface area contributed by atoms with Gasteiger partial charge < -0.3 is 5.11 Å². The molecule has 0 saturated heterocycles. The summed E-state index contributed by atoms with van der Waals surface area (Å²) < 4.78 is 2.12. The summed E-state index contributed by atoms with van der Waals surface area (Å²) in [6.07, 6.45) is 11.1. The molecular weight excluding hydrogens is 200 g/mol. The fourth-order valence-corrected chi connectivity index (χ4v) is 2.94. The quantitative estimate of drug-likeness (QED) is 0.849. The van der Waals surface area contributed by atoms with E-state index in [9.17, 15) is 5.11 Å². The van der Waals surface area contributed by atoms with Gasteiger partial charge in [0.2, 0.25) is 0 Å². The SMILES string of the molecule is OC1(Cc2ccn(C3CCCC3)n2)CCC1. The number of aliphatic hydroxyl groups is 1. The van der Waals surface area contributed by atoms with E-state index in [0.29, 0.717) is 6.04 Å². The van der Waals surface area contributed by atoms with E-state index in [1.165, 1.54) is 32.1 Å². The number of hydrogen-bond donors (Lipinski definition) is 1. The van der Waals surface area contributed by atoms with E-state index < -0.39 is 5.60 Å². The van der Waals surface area contributed by atoms with Crippen molar-refractivity contribution in [2.24, 2.45) is 0 Å². The van der Waals surface area contributed by atoms with E-state index in [0.717, 1.165) is 25.0 Å². The average molecular weight is 220 g/mol. The highest BCUT2D eigenvalue weighted by Gasteiger charge is 2.35. The Morgan fingerprint density at radius 3 is 2.69 bits per heavy atom. The molecule has 3 rings (SSSR count). The first kappa shape index (κ1) is 10.3. The van der Waals surface area contributed by atoms with Gasteiger partial charge in [-0.2, -0.15) is 5.10 Å². The molecule has 2 aliphatic rings. The first-order valence-electron chi connectivity index (χ1n) is 6.52. The Kier molecular flexibility index (Phi) is 2.51. The molecular formula is C13H20N2O. The minimum Gasteiger partial charge on any atom is -0.389 e. The maximum absolute atomic E-state index is 10.1. The second kappa shape index (κ2) is 3.88. The second-order valence-electron chi connectivity index (χ2n) is 5.48. The Morgan fingerprint density at radius 2 is 2.06 bits per heavy atom. The van der Waals surface area contributed by atoms with Gasteiger partial charge in [-0.1, -0.05) is 12.8 Å². The third-order valence-electron chi connectivity index (χ3n) is 4.16. The molecule has 0 bridgehead atoms. The topological polar surface area (TPSA) is 38.0 Å². The minimum absolute atomic E-state index is 0.436. The highest BCUT2D eigenvalue weighted by Crippen LogP contribution is 2.35. The molecule has 0 unspecified atom stereocenters. The van der Waals surface area contributed by atoms with Crippen molar-refractivity contribution in [3.8, 4) is 0 Å². The fourth-order valence-electron chi connectivity index (χ4n) is 2.94. The lowest BCUT2D eigenvalue weighted by atomic mass is 9.77. The van der Waals surface area contributed by atoms with Crippen molar-refractivity contribution in [3.63, 3.8) is 0 Å². The molecule has 0 atom stereocenters. The van der Waals surface area contributed by atoms with E-state index >= 15 is 0 Å². The third-order valence-corrected chi connectivity index (χ3v) is 4.16. The predicted molar refractivity (Wildman–Crippen MR) is 62.2 cm³/mol. The van der Waals surface area contributed by atoms with Crippen LogP contribution in [0.3, 0.4) is 0 Å². The summed E-state index contributed by atoms with van der Waals surface area (Å²) in [7, 11) is 0. The third kappa shape index (κ3) is 1.88. The Morgan fingerprint density at radius 1 is 1.31 bits per heavy atom. The molecule has 0 radical (unpaired) electrons. The van der Waals surface area contributed by atoms with Crippen molar-refractivity contribution < 1.29 is 5.11 Å². The number of nitrogens with zero attached hydrogens (tertiary/aromatic N) is 2. The Bertz CT molecular complexity index is 362. The summed E-state index contributed by atoms with van der Waals surface area (Å²) in [5.74, 6) is 0. The van der Waals surface area contributed by atoms with Crippen molar-refractivity contribution in [1.82, 2.24) is 9.78 Å². The van der Waals surface area contributed by atoms with Gasteiger partial charge in [0.25, 0.3) is 0 Å². The minimum atomic E-state index is -0.436. The monoisotopic (exact) mass is 220 g/mol. The molecule has 1 aromatic rings. The van der Waals surface area contributed by atoms with Gasteiger partial charge >= 0.3 is 0 Å². The highest BCUT2D eigenvalue weighted by atomic mass is 16.3. The van der Waals surface area contributed by atoms with Gasteiger partial charge in [-0.15, -0.1) is 0 Å². The van der Waals surface area contributed by atoms with E-state index in [2.05, 4.69) is 22.0 Å². The second-order valence-corrected chi connectivity index (χ2v) is 5.48. The largest absolute Gasteiger partial charge is 0.389 e. The van der Waals surface area contributed by atoms with Crippen LogP contribution in [0.25, 0.3) is 0 Å². The Hall–Kier alpha value is -0.830. The summed E-state index contributed by atoms with van der Waals surface area (Å²) >= 11 is 0. The smallest absolute Gasteiger partial charge is 0.0703 e. The van der Waals surface area contributed by atoms with Crippen molar-refractivity contribution in [3.05, 3.63) is 18.0 Å². The molecule has 88 valence electrons. The summed E-state index contributed by atoms with van der Waals surface area (Å²) in [6, 6.07) is 2.69. The zero-order valence-corrected chi connectivity index (χ0v) is 9.73. The molecule has 0 aliphatic heterocycles. The van der Waals surface area contributed by atoms with Crippen molar-refractivity contribution in [2.75, 3.05) is 0 Å². The summed E-state index contributed by atoms with van der Waals surface area (Å²) in [5.41, 5.74) is 0.628. The van der Waals surface area contributed by atoms with Crippen LogP contribution < -0.4 is 0 Å². The first-order valence-corrected chi connectivity index (χ1v) is 6.52. The number of rotatable bonds is 3. The van der Waals surface area contributed by atoms with Crippen LogP contribution in [0.4, 0.5) is 0 Å². The van der Waals surface area contributed by atoms with Crippen molar-refractivity contribution >= 4 is 0 Å². The Balaban J connectivity index is 1.67. The summed E-state index contributed by atoms with van der Waals surface area (Å²) in [6.45, 7) is 0. The predicted octanol–water partition coefficient (Wildman–Crippen LogP) is 2.46. The standard InChI is InChI=1S/C13H20N2O/c16-13(7-3-8-13)10-11-6-9-15(14-11)12-4-1-2-5-12/h6,9,12,16H,1-5,7-8,10H2. The fraction of sp³-hybridized carbons (Fsp3) is 0.769. The average Bonchev–Trinajstić information content (AvgIpc) is 2.83. The lowest BCUT2D eigenvalue weighted by Crippen LogP contribution is -2.39. The molecule has 16 heavy (non-hydrogen) atoms. The van der Waals surface area contributed by atoms with E-state index in [1.807, 2.05) is 0 Å². The highest BCUT2D eigenvalue weighted by molar-refractivity contribution is 5.07. The van der Waals surface area contributed by atoms with Crippen LogP contribution in [0.5, 0.6) is 0 Å². The van der Waals surface area contributed by atoms with Crippen LogP contribution in [0.15, 0.2) is 12.3 Å².